The molecule has 1 N–H and O–H groups in total. The zero-order valence-corrected chi connectivity index (χ0v) is 13.9. The van der Waals surface area contributed by atoms with Crippen molar-refractivity contribution in [2.75, 3.05) is 6.61 Å². The van der Waals surface area contributed by atoms with Crippen LogP contribution in [-0.2, 0) is 4.79 Å². The number of hydrazone groups is 1. The van der Waals surface area contributed by atoms with Gasteiger partial charge in [-0.15, -0.1) is 6.42 Å². The van der Waals surface area contributed by atoms with Crippen LogP contribution in [0.2, 0.25) is 0 Å². The number of hydrogen-bond acceptors (Lipinski definition) is 3. The Kier molecular flexibility index (Phi) is 6.47. The maximum Gasteiger partial charge on any atom is 0.243 e. The molecule has 0 unspecified atom stereocenters. The smallest absolute Gasteiger partial charge is 0.243 e. The van der Waals surface area contributed by atoms with E-state index in [1.54, 1.807) is 6.21 Å². The Balaban J connectivity index is 1.98. The summed E-state index contributed by atoms with van der Waals surface area (Å²) in [6.45, 7) is 0.191. The summed E-state index contributed by atoms with van der Waals surface area (Å²) >= 11 is 3.40. The minimum Gasteiger partial charge on any atom is -0.480 e. The number of carbonyl (C=O) groups is 1. The van der Waals surface area contributed by atoms with Gasteiger partial charge in [-0.05, 0) is 31.0 Å². The van der Waals surface area contributed by atoms with E-state index in [2.05, 4.69) is 32.4 Å². The average molecular weight is 363 g/mol. The molecule has 22 heavy (non-hydrogen) atoms. The lowest BCUT2D eigenvalue weighted by molar-refractivity contribution is -0.125. The Morgan fingerprint density at radius 1 is 1.45 bits per heavy atom. The van der Waals surface area contributed by atoms with Gasteiger partial charge >= 0.3 is 0 Å². The van der Waals surface area contributed by atoms with E-state index >= 15 is 0 Å². The zero-order chi connectivity index (χ0) is 15.8. The van der Waals surface area contributed by atoms with E-state index in [4.69, 9.17) is 11.2 Å². The Labute approximate surface area is 139 Å². The first-order valence-corrected chi connectivity index (χ1v) is 8.18. The van der Waals surface area contributed by atoms with E-state index in [0.29, 0.717) is 5.75 Å². The van der Waals surface area contributed by atoms with Crippen molar-refractivity contribution in [3.8, 4) is 18.1 Å². The molecule has 0 saturated heterocycles. The highest BCUT2D eigenvalue weighted by molar-refractivity contribution is 9.10. The summed E-state index contributed by atoms with van der Waals surface area (Å²) in [5, 5.41) is 4.05. The van der Waals surface area contributed by atoms with Crippen LogP contribution in [0.25, 0.3) is 0 Å². The third-order valence-corrected chi connectivity index (χ3v) is 4.13. The van der Waals surface area contributed by atoms with Crippen molar-refractivity contribution in [1.29, 1.82) is 0 Å². The minimum atomic E-state index is -0.00274. The Morgan fingerprint density at radius 2 is 2.23 bits per heavy atom. The van der Waals surface area contributed by atoms with Crippen LogP contribution >= 0.6 is 15.9 Å². The van der Waals surface area contributed by atoms with Crippen molar-refractivity contribution in [3.05, 3.63) is 28.2 Å². The van der Waals surface area contributed by atoms with E-state index < -0.39 is 0 Å². The summed E-state index contributed by atoms with van der Waals surface area (Å²) in [6.07, 6.45) is 12.2. The van der Waals surface area contributed by atoms with Crippen molar-refractivity contribution in [3.63, 3.8) is 0 Å². The van der Waals surface area contributed by atoms with Crippen LogP contribution in [-0.4, -0.2) is 18.7 Å². The SMILES string of the molecule is C#CCOc1ccc(Br)cc1/C=N\NC(=O)C1CCCCC1. The molecular formula is C17H19BrN2O2. The third-order valence-electron chi connectivity index (χ3n) is 3.64. The molecule has 1 amide bonds. The first kappa shape index (κ1) is 16.6. The molecule has 0 aliphatic heterocycles. The Bertz CT molecular complexity index is 587. The first-order chi connectivity index (χ1) is 10.7. The van der Waals surface area contributed by atoms with Crippen LogP contribution in [0.4, 0.5) is 0 Å². The fourth-order valence-corrected chi connectivity index (χ4v) is 2.87. The molecule has 1 aliphatic carbocycles. The number of halogens is 1. The van der Waals surface area contributed by atoms with Gasteiger partial charge in [-0.2, -0.15) is 5.10 Å². The molecule has 0 radical (unpaired) electrons. The van der Waals surface area contributed by atoms with Crippen molar-refractivity contribution < 1.29 is 9.53 Å². The number of amides is 1. The highest BCUT2D eigenvalue weighted by Gasteiger charge is 2.20. The maximum atomic E-state index is 12.0. The fourth-order valence-electron chi connectivity index (χ4n) is 2.49. The van der Waals surface area contributed by atoms with Crippen LogP contribution in [0.5, 0.6) is 5.75 Å². The fraction of sp³-hybridized carbons (Fsp3) is 0.412. The number of benzene rings is 1. The van der Waals surface area contributed by atoms with Crippen LogP contribution in [0.1, 0.15) is 37.7 Å². The molecule has 0 bridgehead atoms. The average Bonchev–Trinajstić information content (AvgIpc) is 2.55. The van der Waals surface area contributed by atoms with Gasteiger partial charge in [-0.1, -0.05) is 41.1 Å². The largest absolute Gasteiger partial charge is 0.480 e. The number of hydrogen-bond donors (Lipinski definition) is 1. The van der Waals surface area contributed by atoms with Crippen LogP contribution < -0.4 is 10.2 Å². The molecule has 0 aromatic heterocycles. The van der Waals surface area contributed by atoms with Crippen molar-refractivity contribution in [2.24, 2.45) is 11.0 Å². The summed E-state index contributed by atoms with van der Waals surface area (Å²) in [5.74, 6) is 3.15. The van der Waals surface area contributed by atoms with Crippen LogP contribution in [0.3, 0.4) is 0 Å². The Morgan fingerprint density at radius 3 is 2.95 bits per heavy atom. The number of terminal acetylenes is 1. The highest BCUT2D eigenvalue weighted by atomic mass is 79.9. The normalized spacial score (nSPS) is 15.5. The molecular weight excluding hydrogens is 344 g/mol. The lowest BCUT2D eigenvalue weighted by Crippen LogP contribution is -2.28. The predicted molar refractivity (Wildman–Crippen MR) is 90.8 cm³/mol. The van der Waals surface area contributed by atoms with Crippen molar-refractivity contribution in [1.82, 2.24) is 5.43 Å². The minimum absolute atomic E-state index is 0.00274. The number of nitrogens with zero attached hydrogens (tertiary/aromatic N) is 1. The summed E-state index contributed by atoms with van der Waals surface area (Å²) in [4.78, 5) is 12.0. The highest BCUT2D eigenvalue weighted by Crippen LogP contribution is 2.24. The van der Waals surface area contributed by atoms with Gasteiger partial charge < -0.3 is 4.74 Å². The third kappa shape index (κ3) is 4.88. The second-order valence-electron chi connectivity index (χ2n) is 5.24. The summed E-state index contributed by atoms with van der Waals surface area (Å²) < 4.78 is 6.36. The molecule has 0 heterocycles. The molecule has 0 spiro atoms. The van der Waals surface area contributed by atoms with Gasteiger partial charge in [0, 0.05) is 16.0 Å². The predicted octanol–water partition coefficient (Wildman–Crippen LogP) is 3.49. The Hall–Kier alpha value is -1.80. The summed E-state index contributed by atoms with van der Waals surface area (Å²) in [5.41, 5.74) is 3.38. The molecule has 2 rings (SSSR count). The zero-order valence-electron chi connectivity index (χ0n) is 12.3. The lowest BCUT2D eigenvalue weighted by atomic mass is 9.89. The number of ether oxygens (including phenoxy) is 1. The van der Waals surface area contributed by atoms with Gasteiger partial charge in [0.05, 0.1) is 6.21 Å². The molecule has 0 atom stereocenters. The van der Waals surface area contributed by atoms with Gasteiger partial charge in [0.25, 0.3) is 0 Å². The molecule has 5 heteroatoms. The molecule has 1 saturated carbocycles. The lowest BCUT2D eigenvalue weighted by Gasteiger charge is -2.19. The number of rotatable bonds is 5. The second kappa shape index (κ2) is 8.60. The topological polar surface area (TPSA) is 50.7 Å². The van der Waals surface area contributed by atoms with Crippen molar-refractivity contribution in [2.45, 2.75) is 32.1 Å². The monoisotopic (exact) mass is 362 g/mol. The van der Waals surface area contributed by atoms with Gasteiger partial charge in [0.2, 0.25) is 5.91 Å². The van der Waals surface area contributed by atoms with Gasteiger partial charge in [0.15, 0.2) is 0 Å². The second-order valence-corrected chi connectivity index (χ2v) is 6.16. The standard InChI is InChI=1S/C17H19BrN2O2/c1-2-10-22-16-9-8-15(18)11-14(16)12-19-20-17(21)13-6-4-3-5-7-13/h1,8-9,11-13H,3-7,10H2,(H,20,21)/b19-12-. The van der Waals surface area contributed by atoms with Gasteiger partial charge in [-0.3, -0.25) is 4.79 Å². The van der Waals surface area contributed by atoms with Crippen LogP contribution in [0, 0.1) is 18.3 Å². The van der Waals surface area contributed by atoms with E-state index in [0.717, 1.165) is 35.7 Å². The molecule has 116 valence electrons. The van der Waals surface area contributed by atoms with E-state index in [-0.39, 0.29) is 18.4 Å². The molecule has 1 aromatic carbocycles. The van der Waals surface area contributed by atoms with E-state index in [9.17, 15) is 4.79 Å². The molecule has 1 aromatic rings. The number of nitrogens with one attached hydrogen (secondary N) is 1. The van der Waals surface area contributed by atoms with E-state index in [1.807, 2.05) is 18.2 Å². The summed E-state index contributed by atoms with van der Waals surface area (Å²) in [7, 11) is 0. The number of carbonyl (C=O) groups excluding carboxylic acids is 1. The molecule has 1 aliphatic rings. The molecule has 1 fully saturated rings. The first-order valence-electron chi connectivity index (χ1n) is 7.39. The van der Waals surface area contributed by atoms with Crippen LogP contribution in [0.15, 0.2) is 27.8 Å². The summed E-state index contributed by atoms with van der Waals surface area (Å²) in [6, 6.07) is 5.54. The van der Waals surface area contributed by atoms with Crippen molar-refractivity contribution >= 4 is 28.1 Å². The molecule has 4 nitrogen and oxygen atoms in total. The van der Waals surface area contributed by atoms with Gasteiger partial charge in [-0.25, -0.2) is 5.43 Å². The van der Waals surface area contributed by atoms with Gasteiger partial charge in [0.1, 0.15) is 12.4 Å². The maximum absolute atomic E-state index is 12.0. The van der Waals surface area contributed by atoms with E-state index in [1.165, 1.54) is 6.42 Å². The quantitative estimate of drug-likeness (QED) is 0.495.